The van der Waals surface area contributed by atoms with Crippen molar-refractivity contribution in [3.05, 3.63) is 71.3 Å². The van der Waals surface area contributed by atoms with Crippen LogP contribution in [-0.2, 0) is 11.4 Å². The second-order valence-corrected chi connectivity index (χ2v) is 4.48. The number of hydrogen-bond acceptors (Lipinski definition) is 2. The maximum atomic E-state index is 10.7. The van der Waals surface area contributed by atoms with Crippen LogP contribution in [-0.4, -0.2) is 34.1 Å². The monoisotopic (exact) mass is 294 g/mol. The predicted octanol–water partition coefficient (Wildman–Crippen LogP) is 3.60. The van der Waals surface area contributed by atoms with Crippen LogP contribution in [0.25, 0.3) is 6.08 Å². The first kappa shape index (κ1) is 17.3. The number of carboxylic acids is 1. The van der Waals surface area contributed by atoms with Crippen molar-refractivity contribution >= 4 is 35.1 Å². The Hall–Kier alpha value is -1.78. The molecule has 0 atom stereocenters. The van der Waals surface area contributed by atoms with Gasteiger partial charge in [-0.05, 0) is 36.3 Å². The molecular weight excluding hydrogens is 276 g/mol. The van der Waals surface area contributed by atoms with E-state index in [1.165, 1.54) is 0 Å². The fraction of sp³-hybridized carbons (Fsp3) is 0.118. The van der Waals surface area contributed by atoms with E-state index < -0.39 is 5.97 Å². The Morgan fingerprint density at radius 1 is 1.14 bits per heavy atom. The molecule has 2 aromatic rings. The summed E-state index contributed by atoms with van der Waals surface area (Å²) in [6, 6.07) is 17.3. The Labute approximate surface area is 143 Å². The molecule has 0 bridgehead atoms. The van der Waals surface area contributed by atoms with E-state index in [0.717, 1.165) is 16.9 Å². The van der Waals surface area contributed by atoms with Crippen molar-refractivity contribution in [2.45, 2.75) is 13.5 Å². The van der Waals surface area contributed by atoms with Crippen molar-refractivity contribution < 1.29 is 17.5 Å². The Kier molecular flexibility index (Phi) is 6.98. The number of rotatable bonds is 5. The average molecular weight is 295 g/mol. The molecule has 0 fully saturated rings. The molecule has 0 amide bonds. The molecule has 3 nitrogen and oxygen atoms in total. The van der Waals surface area contributed by atoms with E-state index >= 15 is 0 Å². The van der Waals surface area contributed by atoms with Crippen LogP contribution < -0.4 is 4.74 Å². The summed E-state index contributed by atoms with van der Waals surface area (Å²) in [5.41, 5.74) is 2.26. The molecule has 0 aliphatic carbocycles. The zero-order valence-corrected chi connectivity index (χ0v) is 13.4. The van der Waals surface area contributed by atoms with Crippen molar-refractivity contribution in [1.82, 2.24) is 0 Å². The molecule has 2 aromatic carbocycles. The number of carbonyl (C=O) groups is 1. The van der Waals surface area contributed by atoms with Crippen LogP contribution in [0.1, 0.15) is 20.9 Å². The molecule has 0 saturated carbocycles. The van der Waals surface area contributed by atoms with Gasteiger partial charge in [0.1, 0.15) is 12.4 Å². The number of ether oxygens (including phenoxy) is 1. The zero-order chi connectivity index (χ0) is 14.4. The molecule has 0 unspecified atom stereocenters. The quantitative estimate of drug-likeness (QED) is 0.677. The minimum absolute atomic E-state index is 0. The topological polar surface area (TPSA) is 46.5 Å². The molecule has 1 N–H and O–H groups in total. The van der Waals surface area contributed by atoms with Gasteiger partial charge < -0.3 is 12.7 Å². The van der Waals surface area contributed by atoms with Gasteiger partial charge in [0.25, 0.3) is 0 Å². The largest absolute Gasteiger partial charge is 2.00 e. The van der Waals surface area contributed by atoms with Crippen molar-refractivity contribution in [1.29, 1.82) is 0 Å². The molecule has 0 radical (unpaired) electrons. The molecule has 0 aliphatic heterocycles. The van der Waals surface area contributed by atoms with Crippen molar-refractivity contribution in [2.75, 3.05) is 0 Å². The summed E-state index contributed by atoms with van der Waals surface area (Å²) in [7, 11) is 0. The fourth-order valence-corrected chi connectivity index (χ4v) is 1.71. The van der Waals surface area contributed by atoms with Gasteiger partial charge in [0.2, 0.25) is 0 Å². The molecule has 0 spiro atoms. The van der Waals surface area contributed by atoms with Gasteiger partial charge in [-0.25, -0.2) is 4.79 Å². The number of benzene rings is 2. The van der Waals surface area contributed by atoms with Crippen LogP contribution in [0, 0.1) is 0 Å². The molecule has 0 aliphatic rings. The summed E-state index contributed by atoms with van der Waals surface area (Å²) in [4.78, 5) is 10.7. The molecule has 21 heavy (non-hydrogen) atoms. The molecule has 4 heteroatoms. The summed E-state index contributed by atoms with van der Waals surface area (Å²) in [6.45, 7) is 2.09. The first-order valence-electron chi connectivity index (χ1n) is 6.33. The molecule has 0 heterocycles. The van der Waals surface area contributed by atoms with Crippen LogP contribution in [0.4, 0.5) is 0 Å². The second kappa shape index (κ2) is 8.49. The van der Waals surface area contributed by atoms with Crippen molar-refractivity contribution in [2.24, 2.45) is 0 Å². The van der Waals surface area contributed by atoms with E-state index in [1.54, 1.807) is 13.0 Å². The van der Waals surface area contributed by atoms with E-state index in [4.69, 9.17) is 9.84 Å². The maximum Gasteiger partial charge on any atom is 2.00 e. The summed E-state index contributed by atoms with van der Waals surface area (Å²) in [6.07, 6.45) is 1.63. The van der Waals surface area contributed by atoms with Crippen LogP contribution in [0.5, 0.6) is 5.75 Å². The average Bonchev–Trinajstić information content (AvgIpc) is 2.47. The van der Waals surface area contributed by atoms with Gasteiger partial charge in [0, 0.05) is 5.57 Å². The Balaban J connectivity index is 0. The summed E-state index contributed by atoms with van der Waals surface area (Å²) < 4.78 is 5.66. The van der Waals surface area contributed by atoms with E-state index in [2.05, 4.69) is 0 Å². The molecular formula is C17H18MgO3. The van der Waals surface area contributed by atoms with Crippen LogP contribution >= 0.6 is 0 Å². The van der Waals surface area contributed by atoms with E-state index in [9.17, 15) is 4.79 Å². The van der Waals surface area contributed by atoms with Crippen LogP contribution in [0.2, 0.25) is 0 Å². The molecule has 2 rings (SSSR count). The van der Waals surface area contributed by atoms with Gasteiger partial charge in [-0.1, -0.05) is 42.5 Å². The van der Waals surface area contributed by atoms with Crippen LogP contribution in [0.15, 0.2) is 60.2 Å². The maximum absolute atomic E-state index is 10.7. The first-order valence-corrected chi connectivity index (χ1v) is 6.33. The minimum atomic E-state index is -0.908. The summed E-state index contributed by atoms with van der Waals surface area (Å²) in [5, 5.41) is 8.82. The third-order valence-corrected chi connectivity index (χ3v) is 2.85. The Bertz CT molecular complexity index is 613. The minimum Gasteiger partial charge on any atom is -1.00 e. The van der Waals surface area contributed by atoms with Gasteiger partial charge >= 0.3 is 29.0 Å². The normalized spacial score (nSPS) is 10.6. The van der Waals surface area contributed by atoms with Gasteiger partial charge in [0.05, 0.1) is 0 Å². The van der Waals surface area contributed by atoms with Crippen molar-refractivity contribution in [3.63, 3.8) is 0 Å². The third kappa shape index (κ3) is 5.61. The number of carboxylic acid groups (broad SMARTS) is 1. The van der Waals surface area contributed by atoms with Crippen molar-refractivity contribution in [3.8, 4) is 5.75 Å². The van der Waals surface area contributed by atoms with E-state index in [1.807, 2.05) is 54.6 Å². The Morgan fingerprint density at radius 2 is 1.76 bits per heavy atom. The van der Waals surface area contributed by atoms with Gasteiger partial charge in [-0.2, -0.15) is 0 Å². The third-order valence-electron chi connectivity index (χ3n) is 2.85. The van der Waals surface area contributed by atoms with Gasteiger partial charge in [-0.15, -0.1) is 0 Å². The predicted molar refractivity (Wildman–Crippen MR) is 86.5 cm³/mol. The smallest absolute Gasteiger partial charge is 1.00 e. The summed E-state index contributed by atoms with van der Waals surface area (Å²) in [5.74, 6) is -0.145. The SMILES string of the molecule is CC(=Cc1ccc(OCc2ccccc2)cc1)C(=O)O.[H-].[H-].[Mg+2]. The molecule has 0 saturated heterocycles. The Morgan fingerprint density at radius 3 is 2.33 bits per heavy atom. The standard InChI is InChI=1S/C17H16O3.Mg.2H/c1-13(17(18)19)11-14-7-9-16(10-8-14)20-12-15-5-3-2-4-6-15;;;/h2-11H,12H2,1H3,(H,18,19);;;/q;+2;2*-1. The van der Waals surface area contributed by atoms with Gasteiger partial charge in [0.15, 0.2) is 0 Å². The summed E-state index contributed by atoms with van der Waals surface area (Å²) >= 11 is 0. The van der Waals surface area contributed by atoms with E-state index in [0.29, 0.717) is 12.2 Å². The first-order chi connectivity index (χ1) is 9.65. The fourth-order valence-electron chi connectivity index (χ4n) is 1.71. The van der Waals surface area contributed by atoms with Crippen LogP contribution in [0.3, 0.4) is 0 Å². The van der Waals surface area contributed by atoms with E-state index in [-0.39, 0.29) is 25.9 Å². The number of hydrogen-bond donors (Lipinski definition) is 1. The second-order valence-electron chi connectivity index (χ2n) is 4.48. The van der Waals surface area contributed by atoms with Gasteiger partial charge in [-0.3, -0.25) is 0 Å². The molecule has 106 valence electrons. The zero-order valence-electron chi connectivity index (χ0n) is 14.0. The molecule has 0 aromatic heterocycles. The number of aliphatic carboxylic acids is 1.